The summed E-state index contributed by atoms with van der Waals surface area (Å²) in [4.78, 5) is 0. The fraction of sp³-hybridized carbons (Fsp3) is 0.500. The molecule has 100 valence electrons. The number of hydrogen-bond acceptors (Lipinski definition) is 2. The molecule has 1 atom stereocenters. The lowest BCUT2D eigenvalue weighted by Crippen LogP contribution is -2.44. The largest absolute Gasteiger partial charge is 0.301 e. The average Bonchev–Trinajstić information content (AvgIpc) is 2.28. The molecule has 0 amide bonds. The highest BCUT2D eigenvalue weighted by atomic mass is 79.9. The molecule has 1 saturated heterocycles. The molecule has 18 heavy (non-hydrogen) atoms. The van der Waals surface area contributed by atoms with Crippen molar-refractivity contribution in [1.29, 1.82) is 0 Å². The number of benzene rings is 1. The second-order valence-electron chi connectivity index (χ2n) is 4.57. The summed E-state index contributed by atoms with van der Waals surface area (Å²) in [6, 6.07) is 7.25. The van der Waals surface area contributed by atoms with E-state index in [4.69, 9.17) is 0 Å². The molecule has 2 rings (SSSR count). The van der Waals surface area contributed by atoms with Crippen LogP contribution in [0, 0.1) is 0 Å². The van der Waals surface area contributed by atoms with Crippen LogP contribution < -0.4 is 4.72 Å². The van der Waals surface area contributed by atoms with Crippen molar-refractivity contribution in [2.75, 3.05) is 11.3 Å². The van der Waals surface area contributed by atoms with Crippen LogP contribution in [0.2, 0.25) is 0 Å². The topological polar surface area (TPSA) is 49.4 Å². The lowest BCUT2D eigenvalue weighted by Gasteiger charge is -2.32. The molecule has 1 aliphatic heterocycles. The number of hydrogen-bond donors (Lipinski definition) is 1. The van der Waals surface area contributed by atoms with Gasteiger partial charge in [-0.15, -0.1) is 0 Å². The Morgan fingerprint density at radius 2 is 2.17 bits per heavy atom. The van der Waals surface area contributed by atoms with E-state index in [1.54, 1.807) is 16.4 Å². The van der Waals surface area contributed by atoms with Crippen LogP contribution in [0.3, 0.4) is 0 Å². The molecule has 0 saturated carbocycles. The molecular weight excluding hydrogens is 316 g/mol. The van der Waals surface area contributed by atoms with Gasteiger partial charge in [0.15, 0.2) is 0 Å². The van der Waals surface area contributed by atoms with Crippen LogP contribution in [0.1, 0.15) is 26.2 Å². The zero-order valence-electron chi connectivity index (χ0n) is 10.3. The van der Waals surface area contributed by atoms with Gasteiger partial charge in [-0.2, -0.15) is 12.7 Å². The number of nitrogens with one attached hydrogen (secondary N) is 1. The van der Waals surface area contributed by atoms with Crippen molar-refractivity contribution >= 4 is 31.8 Å². The van der Waals surface area contributed by atoms with Gasteiger partial charge in [0.2, 0.25) is 0 Å². The van der Waals surface area contributed by atoms with Crippen LogP contribution in [-0.2, 0) is 10.2 Å². The van der Waals surface area contributed by atoms with Gasteiger partial charge in [-0.3, -0.25) is 4.72 Å². The fourth-order valence-corrected chi connectivity index (χ4v) is 4.08. The van der Waals surface area contributed by atoms with Crippen LogP contribution in [0.4, 0.5) is 5.69 Å². The molecule has 4 nitrogen and oxygen atoms in total. The highest BCUT2D eigenvalue weighted by Gasteiger charge is 2.29. The Morgan fingerprint density at radius 1 is 1.39 bits per heavy atom. The van der Waals surface area contributed by atoms with E-state index in [9.17, 15) is 8.42 Å². The Kier molecular flexibility index (Phi) is 4.29. The van der Waals surface area contributed by atoms with E-state index < -0.39 is 10.2 Å². The van der Waals surface area contributed by atoms with Gasteiger partial charge < -0.3 is 0 Å². The Labute approximate surface area is 117 Å². The van der Waals surface area contributed by atoms with Crippen LogP contribution in [0.5, 0.6) is 0 Å². The van der Waals surface area contributed by atoms with Crippen LogP contribution in [0.15, 0.2) is 28.7 Å². The molecule has 1 heterocycles. The Balaban J connectivity index is 2.16. The standard InChI is InChI=1S/C12H17BrN2O2S/c1-10-5-2-3-8-15(10)18(16,17)14-12-7-4-6-11(13)9-12/h4,6-7,9-10,14H,2-3,5,8H2,1H3. The zero-order valence-corrected chi connectivity index (χ0v) is 12.7. The molecule has 0 aromatic heterocycles. The van der Waals surface area contributed by atoms with Crippen molar-refractivity contribution in [3.63, 3.8) is 0 Å². The van der Waals surface area contributed by atoms with Gasteiger partial charge in [-0.05, 0) is 38.0 Å². The van der Waals surface area contributed by atoms with Crippen molar-refractivity contribution in [3.8, 4) is 0 Å². The first-order valence-electron chi connectivity index (χ1n) is 6.04. The second-order valence-corrected chi connectivity index (χ2v) is 7.11. The molecule has 1 N–H and O–H groups in total. The van der Waals surface area contributed by atoms with Crippen LogP contribution >= 0.6 is 15.9 Å². The molecule has 0 aliphatic carbocycles. The first-order chi connectivity index (χ1) is 8.49. The molecule has 0 radical (unpaired) electrons. The van der Waals surface area contributed by atoms with Gasteiger partial charge in [-0.25, -0.2) is 0 Å². The number of halogens is 1. The maximum absolute atomic E-state index is 12.3. The van der Waals surface area contributed by atoms with Gasteiger partial charge in [-0.1, -0.05) is 28.4 Å². The minimum Gasteiger partial charge on any atom is -0.271 e. The van der Waals surface area contributed by atoms with Crippen LogP contribution in [0.25, 0.3) is 0 Å². The predicted molar refractivity (Wildman–Crippen MR) is 76.7 cm³/mol. The number of piperidine rings is 1. The van der Waals surface area contributed by atoms with Crippen molar-refractivity contribution in [2.24, 2.45) is 0 Å². The van der Waals surface area contributed by atoms with E-state index in [0.29, 0.717) is 12.2 Å². The second kappa shape index (κ2) is 5.59. The van der Waals surface area contributed by atoms with Gasteiger partial charge in [0.1, 0.15) is 0 Å². The first kappa shape index (κ1) is 13.8. The van der Waals surface area contributed by atoms with Crippen molar-refractivity contribution in [1.82, 2.24) is 4.31 Å². The molecule has 0 spiro atoms. The van der Waals surface area contributed by atoms with Gasteiger partial charge in [0.05, 0.1) is 5.69 Å². The predicted octanol–water partition coefficient (Wildman–Crippen LogP) is 2.98. The number of anilines is 1. The van der Waals surface area contributed by atoms with E-state index in [1.165, 1.54) is 0 Å². The molecule has 1 fully saturated rings. The lowest BCUT2D eigenvalue weighted by molar-refractivity contribution is 0.270. The summed E-state index contributed by atoms with van der Waals surface area (Å²) in [6.07, 6.45) is 2.97. The third-order valence-corrected chi connectivity index (χ3v) is 5.27. The zero-order chi connectivity index (χ0) is 13.2. The fourth-order valence-electron chi connectivity index (χ4n) is 2.19. The van der Waals surface area contributed by atoms with Crippen molar-refractivity contribution < 1.29 is 8.42 Å². The Hall–Kier alpha value is -0.590. The average molecular weight is 333 g/mol. The first-order valence-corrected chi connectivity index (χ1v) is 8.27. The number of nitrogens with zero attached hydrogens (tertiary/aromatic N) is 1. The number of rotatable bonds is 3. The summed E-state index contributed by atoms with van der Waals surface area (Å²) in [5.41, 5.74) is 0.585. The van der Waals surface area contributed by atoms with E-state index in [1.807, 2.05) is 19.1 Å². The minimum absolute atomic E-state index is 0.0726. The SMILES string of the molecule is CC1CCCCN1S(=O)(=O)Nc1cccc(Br)c1. The Bertz CT molecular complexity index is 519. The summed E-state index contributed by atoms with van der Waals surface area (Å²) < 4.78 is 29.6. The van der Waals surface area contributed by atoms with Gasteiger partial charge in [0, 0.05) is 17.1 Å². The summed E-state index contributed by atoms with van der Waals surface area (Å²) in [6.45, 7) is 2.56. The quantitative estimate of drug-likeness (QED) is 0.924. The Morgan fingerprint density at radius 3 is 2.83 bits per heavy atom. The lowest BCUT2D eigenvalue weighted by atomic mass is 10.1. The van der Waals surface area contributed by atoms with Crippen LogP contribution in [-0.4, -0.2) is 25.3 Å². The minimum atomic E-state index is -3.44. The molecule has 6 heteroatoms. The summed E-state index contributed by atoms with van der Waals surface area (Å²) in [7, 11) is -3.44. The van der Waals surface area contributed by atoms with E-state index in [2.05, 4.69) is 20.7 Å². The third-order valence-electron chi connectivity index (χ3n) is 3.12. The van der Waals surface area contributed by atoms with Crippen molar-refractivity contribution in [3.05, 3.63) is 28.7 Å². The van der Waals surface area contributed by atoms with Gasteiger partial charge in [0.25, 0.3) is 0 Å². The van der Waals surface area contributed by atoms with E-state index >= 15 is 0 Å². The smallest absolute Gasteiger partial charge is 0.271 e. The highest BCUT2D eigenvalue weighted by Crippen LogP contribution is 2.23. The molecule has 0 bridgehead atoms. The summed E-state index contributed by atoms with van der Waals surface area (Å²) >= 11 is 3.33. The van der Waals surface area contributed by atoms with E-state index in [0.717, 1.165) is 23.7 Å². The molecular formula is C12H17BrN2O2S. The van der Waals surface area contributed by atoms with Crippen molar-refractivity contribution in [2.45, 2.75) is 32.2 Å². The molecule has 1 aromatic carbocycles. The molecule has 1 aromatic rings. The maximum Gasteiger partial charge on any atom is 0.301 e. The summed E-state index contributed by atoms with van der Waals surface area (Å²) in [5, 5.41) is 0. The highest BCUT2D eigenvalue weighted by molar-refractivity contribution is 9.10. The normalized spacial score (nSPS) is 21.8. The van der Waals surface area contributed by atoms with E-state index in [-0.39, 0.29) is 6.04 Å². The molecule has 1 unspecified atom stereocenters. The third kappa shape index (κ3) is 3.24. The molecule has 1 aliphatic rings. The maximum atomic E-state index is 12.3. The summed E-state index contributed by atoms with van der Waals surface area (Å²) in [5.74, 6) is 0. The van der Waals surface area contributed by atoms with Gasteiger partial charge >= 0.3 is 10.2 Å². The monoisotopic (exact) mass is 332 g/mol.